The van der Waals surface area contributed by atoms with Crippen LogP contribution in [0.2, 0.25) is 10.0 Å². The Morgan fingerprint density at radius 3 is 2.00 bits per heavy atom. The highest BCUT2D eigenvalue weighted by atomic mass is 35.5. The Bertz CT molecular complexity index is 670. The number of nitrogens with one attached hydrogen (secondary N) is 2. The quantitative estimate of drug-likeness (QED) is 0.718. The monoisotopic (exact) mass is 340 g/mol. The van der Waals surface area contributed by atoms with Crippen LogP contribution >= 0.6 is 35.4 Å². The molecule has 0 amide bonds. The van der Waals surface area contributed by atoms with Crippen molar-refractivity contribution in [2.75, 3.05) is 10.6 Å². The van der Waals surface area contributed by atoms with E-state index in [1.54, 1.807) is 30.3 Å². The maximum atomic E-state index is 10.8. The number of hydrogen-bond donors (Lipinski definition) is 3. The predicted octanol–water partition coefficient (Wildman–Crippen LogP) is 4.50. The summed E-state index contributed by atoms with van der Waals surface area (Å²) in [5.41, 5.74) is 1.54. The standard InChI is InChI=1S/C14H10Cl2N2O2S/c15-9-5-10(16)7-12(6-9)18-14(21)17-11-3-1-8(2-4-11)13(19)20/h1-7H,(H,19,20)(H2,17,18,21). The zero-order chi connectivity index (χ0) is 15.4. The van der Waals surface area contributed by atoms with Crippen molar-refractivity contribution in [1.82, 2.24) is 0 Å². The number of rotatable bonds is 3. The molecule has 0 aliphatic heterocycles. The van der Waals surface area contributed by atoms with E-state index in [0.29, 0.717) is 26.5 Å². The highest BCUT2D eigenvalue weighted by Crippen LogP contribution is 2.22. The fourth-order valence-corrected chi connectivity index (χ4v) is 2.38. The molecule has 0 spiro atoms. The normalized spacial score (nSPS) is 10.0. The van der Waals surface area contributed by atoms with Gasteiger partial charge in [0.25, 0.3) is 0 Å². The van der Waals surface area contributed by atoms with E-state index < -0.39 is 5.97 Å². The van der Waals surface area contributed by atoms with Crippen molar-refractivity contribution in [3.05, 3.63) is 58.1 Å². The lowest BCUT2D eigenvalue weighted by Crippen LogP contribution is -2.19. The second-order valence-electron chi connectivity index (χ2n) is 4.12. The molecule has 4 nitrogen and oxygen atoms in total. The molecule has 0 aliphatic carbocycles. The summed E-state index contributed by atoms with van der Waals surface area (Å²) in [4.78, 5) is 10.8. The van der Waals surface area contributed by atoms with Gasteiger partial charge in [0, 0.05) is 21.4 Å². The number of benzene rings is 2. The van der Waals surface area contributed by atoms with Gasteiger partial charge < -0.3 is 15.7 Å². The summed E-state index contributed by atoms with van der Waals surface area (Å²) >= 11 is 17.0. The van der Waals surface area contributed by atoms with E-state index in [1.165, 1.54) is 12.1 Å². The van der Waals surface area contributed by atoms with Crippen molar-refractivity contribution in [3.8, 4) is 0 Å². The van der Waals surface area contributed by atoms with E-state index in [1.807, 2.05) is 0 Å². The lowest BCUT2D eigenvalue weighted by atomic mass is 10.2. The van der Waals surface area contributed by atoms with E-state index in [2.05, 4.69) is 10.6 Å². The average Bonchev–Trinajstić information content (AvgIpc) is 2.37. The fraction of sp³-hybridized carbons (Fsp3) is 0. The molecule has 2 rings (SSSR count). The van der Waals surface area contributed by atoms with E-state index in [4.69, 9.17) is 40.5 Å². The molecule has 0 fully saturated rings. The van der Waals surface area contributed by atoms with E-state index in [9.17, 15) is 4.79 Å². The minimum atomic E-state index is -0.976. The Morgan fingerprint density at radius 1 is 0.952 bits per heavy atom. The third-order valence-electron chi connectivity index (χ3n) is 2.51. The molecule has 0 heterocycles. The molecule has 3 N–H and O–H groups in total. The molecule has 0 aromatic heterocycles. The van der Waals surface area contributed by atoms with Crippen molar-refractivity contribution in [2.45, 2.75) is 0 Å². The number of aromatic carboxylic acids is 1. The van der Waals surface area contributed by atoms with E-state index in [0.717, 1.165) is 0 Å². The molecule has 0 saturated carbocycles. The summed E-state index contributed by atoms with van der Waals surface area (Å²) in [6, 6.07) is 11.2. The second-order valence-corrected chi connectivity index (χ2v) is 5.40. The highest BCUT2D eigenvalue weighted by Gasteiger charge is 2.04. The topological polar surface area (TPSA) is 61.4 Å². The van der Waals surface area contributed by atoms with Gasteiger partial charge in [-0.1, -0.05) is 23.2 Å². The third kappa shape index (κ3) is 4.60. The van der Waals surface area contributed by atoms with E-state index in [-0.39, 0.29) is 5.56 Å². The largest absolute Gasteiger partial charge is 0.478 e. The molecule has 7 heteroatoms. The first-order valence-corrected chi connectivity index (χ1v) is 6.98. The van der Waals surface area contributed by atoms with Gasteiger partial charge in [0.1, 0.15) is 0 Å². The molecule has 0 atom stereocenters. The minimum Gasteiger partial charge on any atom is -0.478 e. The molecule has 2 aromatic carbocycles. The van der Waals surface area contributed by atoms with Crippen LogP contribution in [0.1, 0.15) is 10.4 Å². The number of thiocarbonyl (C=S) groups is 1. The SMILES string of the molecule is O=C(O)c1ccc(NC(=S)Nc2cc(Cl)cc(Cl)c2)cc1. The van der Waals surface area contributed by atoms with Crippen LogP contribution in [-0.2, 0) is 0 Å². The van der Waals surface area contributed by atoms with Crippen molar-refractivity contribution >= 4 is 57.9 Å². The minimum absolute atomic E-state index is 0.209. The number of carboxylic acid groups (broad SMARTS) is 1. The molecule has 0 radical (unpaired) electrons. The molecule has 0 aliphatic rings. The lowest BCUT2D eigenvalue weighted by Gasteiger charge is -2.11. The number of carboxylic acids is 1. The Kier molecular flexibility index (Phi) is 5.01. The first-order valence-electron chi connectivity index (χ1n) is 5.81. The van der Waals surface area contributed by atoms with Crippen molar-refractivity contribution < 1.29 is 9.90 Å². The van der Waals surface area contributed by atoms with Crippen LogP contribution in [0.3, 0.4) is 0 Å². The van der Waals surface area contributed by atoms with Crippen molar-refractivity contribution in [2.24, 2.45) is 0 Å². The van der Waals surface area contributed by atoms with Gasteiger partial charge in [-0.25, -0.2) is 4.79 Å². The molecule has 21 heavy (non-hydrogen) atoms. The van der Waals surface area contributed by atoms with Crippen molar-refractivity contribution in [1.29, 1.82) is 0 Å². The Morgan fingerprint density at radius 2 is 1.48 bits per heavy atom. The average molecular weight is 341 g/mol. The smallest absolute Gasteiger partial charge is 0.335 e. The Hall–Kier alpha value is -1.82. The van der Waals surface area contributed by atoms with Gasteiger partial charge in [-0.3, -0.25) is 0 Å². The van der Waals surface area contributed by atoms with Crippen LogP contribution in [0.5, 0.6) is 0 Å². The first kappa shape index (κ1) is 15.6. The summed E-state index contributed by atoms with van der Waals surface area (Å²) in [6.07, 6.45) is 0. The molecule has 0 unspecified atom stereocenters. The molecular weight excluding hydrogens is 331 g/mol. The number of halogens is 2. The van der Waals surface area contributed by atoms with Crippen LogP contribution < -0.4 is 10.6 Å². The molecular formula is C14H10Cl2N2O2S. The second kappa shape index (κ2) is 6.76. The van der Waals surface area contributed by atoms with Gasteiger partial charge >= 0.3 is 5.97 Å². The zero-order valence-electron chi connectivity index (χ0n) is 10.6. The summed E-state index contributed by atoms with van der Waals surface area (Å²) in [5, 5.41) is 16.0. The van der Waals surface area contributed by atoms with Gasteiger partial charge in [0.2, 0.25) is 0 Å². The zero-order valence-corrected chi connectivity index (χ0v) is 12.9. The van der Waals surface area contributed by atoms with Crippen LogP contribution in [-0.4, -0.2) is 16.2 Å². The number of carbonyl (C=O) groups is 1. The van der Waals surface area contributed by atoms with Crippen LogP contribution in [0.15, 0.2) is 42.5 Å². The molecule has 108 valence electrons. The molecule has 0 saturated heterocycles. The number of hydrogen-bond acceptors (Lipinski definition) is 2. The molecule has 2 aromatic rings. The van der Waals surface area contributed by atoms with Gasteiger partial charge in [-0.05, 0) is 54.7 Å². The molecule has 0 bridgehead atoms. The van der Waals surface area contributed by atoms with Crippen LogP contribution in [0.4, 0.5) is 11.4 Å². The van der Waals surface area contributed by atoms with Crippen LogP contribution in [0, 0.1) is 0 Å². The maximum Gasteiger partial charge on any atom is 0.335 e. The summed E-state index contributed by atoms with van der Waals surface area (Å²) in [6.45, 7) is 0. The summed E-state index contributed by atoms with van der Waals surface area (Å²) in [5.74, 6) is -0.976. The van der Waals surface area contributed by atoms with Gasteiger partial charge in [0.15, 0.2) is 5.11 Å². The third-order valence-corrected chi connectivity index (χ3v) is 3.15. The maximum absolute atomic E-state index is 10.8. The van der Waals surface area contributed by atoms with Crippen LogP contribution in [0.25, 0.3) is 0 Å². The Labute approximate surface area is 136 Å². The number of anilines is 2. The Balaban J connectivity index is 2.02. The van der Waals surface area contributed by atoms with E-state index >= 15 is 0 Å². The van der Waals surface area contributed by atoms with Gasteiger partial charge in [-0.2, -0.15) is 0 Å². The lowest BCUT2D eigenvalue weighted by molar-refractivity contribution is 0.0697. The van der Waals surface area contributed by atoms with Crippen molar-refractivity contribution in [3.63, 3.8) is 0 Å². The highest BCUT2D eigenvalue weighted by molar-refractivity contribution is 7.80. The summed E-state index contributed by atoms with van der Waals surface area (Å²) in [7, 11) is 0. The van der Waals surface area contributed by atoms with Gasteiger partial charge in [0.05, 0.1) is 5.56 Å². The first-order chi connectivity index (χ1) is 9.94. The fourth-order valence-electron chi connectivity index (χ4n) is 1.62. The van der Waals surface area contributed by atoms with Gasteiger partial charge in [-0.15, -0.1) is 0 Å². The summed E-state index contributed by atoms with van der Waals surface area (Å²) < 4.78 is 0. The predicted molar refractivity (Wildman–Crippen MR) is 89.7 cm³/mol.